The summed E-state index contributed by atoms with van der Waals surface area (Å²) in [6.45, 7) is -0.0604. The molecule has 0 aliphatic heterocycles. The molecule has 0 spiro atoms. The maximum atomic E-state index is 13.6. The Labute approximate surface area is 228 Å². The van der Waals surface area contributed by atoms with E-state index in [1.807, 2.05) is 42.5 Å². The molecule has 196 valence electrons. The summed E-state index contributed by atoms with van der Waals surface area (Å²) in [5.74, 6) is -0.853. The second kappa shape index (κ2) is 13.1. The van der Waals surface area contributed by atoms with Gasteiger partial charge in [0.1, 0.15) is 6.04 Å². The van der Waals surface area contributed by atoms with Crippen LogP contribution >= 0.6 is 23.2 Å². The van der Waals surface area contributed by atoms with Crippen LogP contribution in [-0.4, -0.2) is 55.3 Å². The molecular weight excluding hydrogens is 533 g/mol. The zero-order chi connectivity index (χ0) is 27.0. The monoisotopic (exact) mass is 561 g/mol. The van der Waals surface area contributed by atoms with Crippen molar-refractivity contribution in [1.29, 1.82) is 0 Å². The quantitative estimate of drug-likeness (QED) is 0.381. The highest BCUT2D eigenvalue weighted by Crippen LogP contribution is 2.18. The summed E-state index contributed by atoms with van der Waals surface area (Å²) < 4.78 is 25.0. The SMILES string of the molecule is CN(CC(=O)N(Cc1ccc(Cl)cc1)[C@H](Cc1ccccc1)C(=O)NCc1ccc(Cl)cc1)S(C)(=O)=O. The lowest BCUT2D eigenvalue weighted by atomic mass is 10.0. The van der Waals surface area contributed by atoms with E-state index in [9.17, 15) is 18.0 Å². The first-order valence-corrected chi connectivity index (χ1v) is 14.1. The third-order valence-corrected chi connectivity index (χ3v) is 7.61. The fourth-order valence-electron chi connectivity index (χ4n) is 3.65. The van der Waals surface area contributed by atoms with Crippen LogP contribution in [0, 0.1) is 0 Å². The first-order chi connectivity index (χ1) is 17.5. The Kier molecular flexibility index (Phi) is 10.1. The highest BCUT2D eigenvalue weighted by molar-refractivity contribution is 7.88. The largest absolute Gasteiger partial charge is 0.350 e. The lowest BCUT2D eigenvalue weighted by molar-refractivity contribution is -0.141. The van der Waals surface area contributed by atoms with E-state index in [0.717, 1.165) is 27.3 Å². The molecule has 1 atom stereocenters. The number of halogens is 2. The Hall–Kier alpha value is -2.91. The van der Waals surface area contributed by atoms with Crippen molar-refractivity contribution in [3.8, 4) is 0 Å². The van der Waals surface area contributed by atoms with Crippen LogP contribution in [0.3, 0.4) is 0 Å². The van der Waals surface area contributed by atoms with Gasteiger partial charge in [0.05, 0.1) is 12.8 Å². The van der Waals surface area contributed by atoms with E-state index in [2.05, 4.69) is 5.32 Å². The number of benzene rings is 3. The van der Waals surface area contributed by atoms with E-state index in [0.29, 0.717) is 10.0 Å². The number of nitrogens with zero attached hydrogens (tertiary/aromatic N) is 2. The van der Waals surface area contributed by atoms with E-state index in [-0.39, 0.29) is 25.4 Å². The molecule has 0 saturated heterocycles. The topological polar surface area (TPSA) is 86.8 Å². The van der Waals surface area contributed by atoms with Crippen LogP contribution in [0.15, 0.2) is 78.9 Å². The number of hydrogen-bond acceptors (Lipinski definition) is 4. The van der Waals surface area contributed by atoms with Crippen molar-refractivity contribution in [2.45, 2.75) is 25.6 Å². The molecular formula is C27H29Cl2N3O4S. The van der Waals surface area contributed by atoms with Crippen molar-refractivity contribution in [3.05, 3.63) is 106 Å². The number of rotatable bonds is 11. The molecule has 7 nitrogen and oxygen atoms in total. The number of hydrogen-bond donors (Lipinski definition) is 1. The Morgan fingerprint density at radius 1 is 0.838 bits per heavy atom. The van der Waals surface area contributed by atoms with Gasteiger partial charge in [-0.3, -0.25) is 9.59 Å². The maximum absolute atomic E-state index is 13.6. The van der Waals surface area contributed by atoms with Crippen molar-refractivity contribution in [1.82, 2.24) is 14.5 Å². The zero-order valence-electron chi connectivity index (χ0n) is 20.6. The third kappa shape index (κ3) is 8.86. The van der Waals surface area contributed by atoms with Crippen molar-refractivity contribution in [2.75, 3.05) is 19.8 Å². The molecule has 1 N–H and O–H groups in total. The first kappa shape index (κ1) is 28.7. The summed E-state index contributed by atoms with van der Waals surface area (Å²) >= 11 is 12.0. The summed E-state index contributed by atoms with van der Waals surface area (Å²) in [7, 11) is -2.27. The molecule has 3 aromatic carbocycles. The number of carbonyl (C=O) groups is 2. The predicted octanol–water partition coefficient (Wildman–Crippen LogP) is 4.14. The van der Waals surface area contributed by atoms with E-state index in [4.69, 9.17) is 23.2 Å². The average Bonchev–Trinajstić information content (AvgIpc) is 2.86. The van der Waals surface area contributed by atoms with Gasteiger partial charge in [-0.1, -0.05) is 77.8 Å². The average molecular weight is 563 g/mol. The van der Waals surface area contributed by atoms with Crippen molar-refractivity contribution in [2.24, 2.45) is 0 Å². The van der Waals surface area contributed by atoms with E-state index < -0.39 is 28.5 Å². The number of nitrogens with one attached hydrogen (secondary N) is 1. The second-order valence-electron chi connectivity index (χ2n) is 8.72. The van der Waals surface area contributed by atoms with Crippen LogP contribution in [0.1, 0.15) is 16.7 Å². The van der Waals surface area contributed by atoms with Gasteiger partial charge in [-0.25, -0.2) is 8.42 Å². The summed E-state index contributed by atoms with van der Waals surface area (Å²) in [4.78, 5) is 28.5. The van der Waals surface area contributed by atoms with Crippen LogP contribution in [-0.2, 0) is 39.1 Å². The van der Waals surface area contributed by atoms with Gasteiger partial charge in [-0.2, -0.15) is 4.31 Å². The van der Waals surface area contributed by atoms with Gasteiger partial charge in [0, 0.05) is 36.6 Å². The Balaban J connectivity index is 1.93. The molecule has 0 aliphatic carbocycles. The lowest BCUT2D eigenvalue weighted by Gasteiger charge is -2.32. The minimum Gasteiger partial charge on any atom is -0.350 e. The van der Waals surface area contributed by atoms with Gasteiger partial charge in [-0.05, 0) is 41.0 Å². The van der Waals surface area contributed by atoms with Gasteiger partial charge >= 0.3 is 0 Å². The van der Waals surface area contributed by atoms with E-state index in [1.165, 1.54) is 11.9 Å². The van der Waals surface area contributed by atoms with Gasteiger partial charge in [-0.15, -0.1) is 0 Å². The Morgan fingerprint density at radius 3 is 1.92 bits per heavy atom. The maximum Gasteiger partial charge on any atom is 0.243 e. The van der Waals surface area contributed by atoms with Gasteiger partial charge < -0.3 is 10.2 Å². The van der Waals surface area contributed by atoms with E-state index in [1.54, 1.807) is 36.4 Å². The molecule has 2 amide bonds. The molecule has 0 heterocycles. The highest BCUT2D eigenvalue weighted by Gasteiger charge is 2.31. The first-order valence-electron chi connectivity index (χ1n) is 11.5. The van der Waals surface area contributed by atoms with Crippen molar-refractivity contribution >= 4 is 45.0 Å². The molecule has 3 aromatic rings. The smallest absolute Gasteiger partial charge is 0.243 e. The summed E-state index contributed by atoms with van der Waals surface area (Å²) in [5.41, 5.74) is 2.46. The Bertz CT molecular complexity index is 1300. The van der Waals surface area contributed by atoms with E-state index >= 15 is 0 Å². The second-order valence-corrected chi connectivity index (χ2v) is 11.7. The molecule has 37 heavy (non-hydrogen) atoms. The molecule has 10 heteroatoms. The molecule has 0 fully saturated rings. The van der Waals surface area contributed by atoms with Crippen LogP contribution in [0.25, 0.3) is 0 Å². The number of likely N-dealkylation sites (N-methyl/N-ethyl adjacent to an activating group) is 1. The minimum absolute atomic E-state index is 0.0967. The molecule has 0 bridgehead atoms. The van der Waals surface area contributed by atoms with Gasteiger partial charge in [0.15, 0.2) is 0 Å². The van der Waals surface area contributed by atoms with Crippen LogP contribution in [0.4, 0.5) is 0 Å². The Morgan fingerprint density at radius 2 is 1.38 bits per heavy atom. The van der Waals surface area contributed by atoms with Crippen molar-refractivity contribution in [3.63, 3.8) is 0 Å². The van der Waals surface area contributed by atoms with Crippen LogP contribution < -0.4 is 5.32 Å². The molecule has 0 unspecified atom stereocenters. The van der Waals surface area contributed by atoms with Crippen LogP contribution in [0.2, 0.25) is 10.0 Å². The fraction of sp³-hybridized carbons (Fsp3) is 0.259. The fourth-order valence-corrected chi connectivity index (χ4v) is 4.25. The van der Waals surface area contributed by atoms with Crippen molar-refractivity contribution < 1.29 is 18.0 Å². The minimum atomic E-state index is -3.61. The molecule has 3 rings (SSSR count). The normalized spacial score (nSPS) is 12.2. The predicted molar refractivity (Wildman–Crippen MR) is 147 cm³/mol. The molecule has 0 radical (unpaired) electrons. The zero-order valence-corrected chi connectivity index (χ0v) is 22.9. The highest BCUT2D eigenvalue weighted by atomic mass is 35.5. The lowest BCUT2D eigenvalue weighted by Crippen LogP contribution is -2.52. The number of carbonyl (C=O) groups excluding carboxylic acids is 2. The number of amides is 2. The van der Waals surface area contributed by atoms with Gasteiger partial charge in [0.25, 0.3) is 0 Å². The third-order valence-electron chi connectivity index (χ3n) is 5.84. The standard InChI is InChI=1S/C27H29Cl2N3O4S/c1-31(37(2,35)36)19-26(33)32(18-22-10-14-24(29)15-11-22)25(16-20-6-4-3-5-7-20)27(34)30-17-21-8-12-23(28)13-9-21/h3-15,25H,16-19H2,1-2H3,(H,30,34)/t25-/m1/s1. The number of sulfonamides is 1. The molecule has 0 saturated carbocycles. The molecule has 0 aliphatic rings. The summed E-state index contributed by atoms with van der Waals surface area (Å²) in [6, 6.07) is 22.5. The van der Waals surface area contributed by atoms with Crippen LogP contribution in [0.5, 0.6) is 0 Å². The molecule has 0 aromatic heterocycles. The van der Waals surface area contributed by atoms with Gasteiger partial charge in [0.2, 0.25) is 21.8 Å². The summed E-state index contributed by atoms with van der Waals surface area (Å²) in [6.07, 6.45) is 1.28. The summed E-state index contributed by atoms with van der Waals surface area (Å²) in [5, 5.41) is 4.05.